The Labute approximate surface area is 138 Å². The number of halogens is 1. The van der Waals surface area contributed by atoms with Crippen molar-refractivity contribution in [3.8, 4) is 17.1 Å². The Balaban J connectivity index is 0.00000156. The molecule has 2 aromatic heterocycles. The normalized spacial score (nSPS) is 10.4. The highest BCUT2D eigenvalue weighted by Crippen LogP contribution is 2.17. The van der Waals surface area contributed by atoms with E-state index in [2.05, 4.69) is 20.3 Å². The maximum atomic E-state index is 5.81. The molecule has 0 saturated heterocycles. The van der Waals surface area contributed by atoms with Gasteiger partial charge in [-0.3, -0.25) is 0 Å². The first-order valence-electron chi connectivity index (χ1n) is 6.85. The smallest absolute Gasteiger partial charge is 0.303 e. The van der Waals surface area contributed by atoms with Crippen molar-refractivity contribution in [1.29, 1.82) is 0 Å². The van der Waals surface area contributed by atoms with E-state index in [4.69, 9.17) is 5.73 Å². The fourth-order valence-electron chi connectivity index (χ4n) is 2.31. The van der Waals surface area contributed by atoms with E-state index < -0.39 is 0 Å². The van der Waals surface area contributed by atoms with E-state index in [0.29, 0.717) is 11.5 Å². The van der Waals surface area contributed by atoms with Crippen LogP contribution >= 0.6 is 0 Å². The van der Waals surface area contributed by atoms with Gasteiger partial charge in [-0.1, -0.05) is 29.2 Å². The number of benzene rings is 2. The van der Waals surface area contributed by atoms with E-state index in [-0.39, 0.29) is 12.4 Å². The second-order valence-electron chi connectivity index (χ2n) is 4.94. The van der Waals surface area contributed by atoms with Crippen LogP contribution in [-0.4, -0.2) is 20.3 Å². The van der Waals surface area contributed by atoms with Crippen LogP contribution in [0, 0.1) is 0 Å². The third-order valence-electron chi connectivity index (χ3n) is 3.39. The van der Waals surface area contributed by atoms with Crippen LogP contribution in [0.5, 0.6) is 0 Å². The van der Waals surface area contributed by atoms with Crippen LogP contribution in [0.2, 0.25) is 0 Å². The predicted octanol–water partition coefficient (Wildman–Crippen LogP) is -1.12. The molecule has 0 spiro atoms. The maximum absolute atomic E-state index is 5.81. The van der Waals surface area contributed by atoms with Crippen molar-refractivity contribution in [2.24, 2.45) is 0 Å². The van der Waals surface area contributed by atoms with Gasteiger partial charge in [0.15, 0.2) is 5.52 Å². The van der Waals surface area contributed by atoms with E-state index in [0.717, 1.165) is 22.3 Å². The molecule has 0 saturated carbocycles. The number of nitrogens with zero attached hydrogens (tertiary/aromatic N) is 4. The van der Waals surface area contributed by atoms with Crippen LogP contribution in [-0.2, 0) is 0 Å². The topological polar surface area (TPSA) is 84.4 Å². The fraction of sp³-hybridized carbons (Fsp3) is 0. The zero-order chi connectivity index (χ0) is 14.9. The lowest BCUT2D eigenvalue weighted by atomic mass is 10.1. The number of fused-ring (bicyclic) bond motifs is 1. The summed E-state index contributed by atoms with van der Waals surface area (Å²) in [5.41, 5.74) is 9.96. The SMILES string of the molecule is Nc1cccc(-c2c[n+](-c3cnc4ccccc4n3)[nH]n2)c1.[Cl-]. The number of nitrogen functional groups attached to an aromatic ring is 1. The molecule has 4 aromatic rings. The first kappa shape index (κ1) is 14.9. The molecule has 0 unspecified atom stereocenters. The Kier molecular flexibility index (Phi) is 3.91. The number of hydrogen-bond acceptors (Lipinski definition) is 4. The molecule has 0 radical (unpaired) electrons. The zero-order valence-corrected chi connectivity index (χ0v) is 12.8. The van der Waals surface area contributed by atoms with Gasteiger partial charge < -0.3 is 18.1 Å². The lowest BCUT2D eigenvalue weighted by Crippen LogP contribution is -3.00. The number of rotatable bonds is 2. The first-order chi connectivity index (χ1) is 10.8. The van der Waals surface area contributed by atoms with Gasteiger partial charge in [0, 0.05) is 11.3 Å². The summed E-state index contributed by atoms with van der Waals surface area (Å²) in [6.45, 7) is 0. The Morgan fingerprint density at radius 1 is 1.00 bits per heavy atom. The molecule has 0 aliphatic carbocycles. The first-order valence-corrected chi connectivity index (χ1v) is 6.85. The molecule has 23 heavy (non-hydrogen) atoms. The number of nitrogens with two attached hydrogens (primary N) is 1. The number of hydrogen-bond donors (Lipinski definition) is 2. The molecular weight excluding hydrogens is 312 g/mol. The highest BCUT2D eigenvalue weighted by atomic mass is 35.5. The number of H-pyrrole nitrogens is 1. The van der Waals surface area contributed by atoms with Gasteiger partial charge in [-0.2, -0.15) is 0 Å². The van der Waals surface area contributed by atoms with Crippen LogP contribution in [0.25, 0.3) is 28.1 Å². The van der Waals surface area contributed by atoms with Crippen molar-refractivity contribution in [1.82, 2.24) is 20.3 Å². The maximum Gasteiger partial charge on any atom is 0.303 e. The summed E-state index contributed by atoms with van der Waals surface area (Å²) in [5.74, 6) is 0.682. The number of para-hydroxylation sites is 2. The fourth-order valence-corrected chi connectivity index (χ4v) is 2.31. The van der Waals surface area contributed by atoms with E-state index in [9.17, 15) is 0 Å². The summed E-state index contributed by atoms with van der Waals surface area (Å²) in [5, 5.41) is 7.23. The average molecular weight is 325 g/mol. The van der Waals surface area contributed by atoms with Gasteiger partial charge in [0.05, 0.1) is 0 Å². The van der Waals surface area contributed by atoms with Crippen LogP contribution in [0.3, 0.4) is 0 Å². The monoisotopic (exact) mass is 324 g/mol. The molecule has 0 aliphatic heterocycles. The van der Waals surface area contributed by atoms with Crippen molar-refractivity contribution in [3.63, 3.8) is 0 Å². The molecule has 3 N–H and O–H groups in total. The molecule has 0 aliphatic rings. The molecule has 0 bridgehead atoms. The second kappa shape index (κ2) is 6.02. The molecule has 0 atom stereocenters. The molecule has 114 valence electrons. The molecule has 7 heteroatoms. The summed E-state index contributed by atoms with van der Waals surface area (Å²) in [6.07, 6.45) is 3.58. The van der Waals surface area contributed by atoms with E-state index >= 15 is 0 Å². The Bertz CT molecular complexity index is 965. The number of aromatic amines is 1. The number of nitrogens with one attached hydrogen (secondary N) is 1. The zero-order valence-electron chi connectivity index (χ0n) is 12.0. The third kappa shape index (κ3) is 2.84. The number of anilines is 1. The Morgan fingerprint density at radius 2 is 1.83 bits per heavy atom. The molecule has 0 amide bonds. The van der Waals surface area contributed by atoms with Crippen molar-refractivity contribution in [2.75, 3.05) is 5.73 Å². The van der Waals surface area contributed by atoms with Crippen molar-refractivity contribution >= 4 is 16.7 Å². The lowest BCUT2D eigenvalue weighted by molar-refractivity contribution is -0.662. The van der Waals surface area contributed by atoms with Crippen LogP contribution in [0.4, 0.5) is 5.69 Å². The van der Waals surface area contributed by atoms with Gasteiger partial charge in [-0.15, -0.1) is 9.90 Å². The molecule has 2 aromatic carbocycles. The highest BCUT2D eigenvalue weighted by molar-refractivity contribution is 5.74. The standard InChI is InChI=1S/C16H12N6.ClH/c17-12-5-3-4-11(8-12)15-10-22(21-20-15)16-9-18-13-6-1-2-7-14(13)19-16;/h1-10H,17H2;1H. The molecule has 4 rings (SSSR count). The molecule has 0 fully saturated rings. The average Bonchev–Trinajstić information content (AvgIpc) is 3.04. The minimum absolute atomic E-state index is 0. The summed E-state index contributed by atoms with van der Waals surface area (Å²) >= 11 is 0. The predicted molar refractivity (Wildman–Crippen MR) is 83.1 cm³/mol. The molecule has 6 nitrogen and oxygen atoms in total. The van der Waals surface area contributed by atoms with Gasteiger partial charge in [-0.25, -0.2) is 4.98 Å². The second-order valence-corrected chi connectivity index (χ2v) is 4.94. The van der Waals surface area contributed by atoms with E-state index in [1.807, 2.05) is 54.7 Å². The van der Waals surface area contributed by atoms with Crippen LogP contribution < -0.4 is 22.8 Å². The minimum Gasteiger partial charge on any atom is -1.00 e. The van der Waals surface area contributed by atoms with Crippen LogP contribution in [0.1, 0.15) is 0 Å². The molecular formula is C16H13ClN6. The minimum atomic E-state index is 0. The van der Waals surface area contributed by atoms with E-state index in [1.165, 1.54) is 0 Å². The molecule has 2 heterocycles. The Hall–Kier alpha value is -2.99. The lowest BCUT2D eigenvalue weighted by Gasteiger charge is -1.95. The summed E-state index contributed by atoms with van der Waals surface area (Å²) < 4.78 is 1.73. The van der Waals surface area contributed by atoms with Gasteiger partial charge in [0.25, 0.3) is 0 Å². The third-order valence-corrected chi connectivity index (χ3v) is 3.39. The summed E-state index contributed by atoms with van der Waals surface area (Å²) in [6, 6.07) is 15.3. The van der Waals surface area contributed by atoms with Gasteiger partial charge in [-0.05, 0) is 29.4 Å². The van der Waals surface area contributed by atoms with E-state index in [1.54, 1.807) is 10.9 Å². The van der Waals surface area contributed by atoms with Gasteiger partial charge in [0.1, 0.15) is 17.9 Å². The quantitative estimate of drug-likeness (QED) is 0.361. The van der Waals surface area contributed by atoms with Crippen molar-refractivity contribution < 1.29 is 17.1 Å². The largest absolute Gasteiger partial charge is 1.00 e. The highest BCUT2D eigenvalue weighted by Gasteiger charge is 2.14. The number of aromatic nitrogens is 5. The van der Waals surface area contributed by atoms with Gasteiger partial charge >= 0.3 is 5.82 Å². The van der Waals surface area contributed by atoms with Crippen molar-refractivity contribution in [2.45, 2.75) is 0 Å². The Morgan fingerprint density at radius 3 is 2.65 bits per heavy atom. The van der Waals surface area contributed by atoms with Gasteiger partial charge in [0.2, 0.25) is 5.69 Å². The van der Waals surface area contributed by atoms with Crippen molar-refractivity contribution in [3.05, 3.63) is 60.9 Å². The summed E-state index contributed by atoms with van der Waals surface area (Å²) in [4.78, 5) is 8.98. The van der Waals surface area contributed by atoms with Crippen LogP contribution in [0.15, 0.2) is 60.9 Å². The summed E-state index contributed by atoms with van der Waals surface area (Å²) in [7, 11) is 0.